The third-order valence-corrected chi connectivity index (χ3v) is 3.64. The SMILES string of the molecule is CNC(C)(C#N)CCCSc1ccncc1. The van der Waals surface area contributed by atoms with Gasteiger partial charge in [-0.15, -0.1) is 11.8 Å². The monoisotopic (exact) mass is 235 g/mol. The first-order valence-electron chi connectivity index (χ1n) is 5.33. The van der Waals surface area contributed by atoms with Crippen LogP contribution in [0, 0.1) is 11.3 Å². The van der Waals surface area contributed by atoms with E-state index in [0.29, 0.717) is 0 Å². The van der Waals surface area contributed by atoms with E-state index in [2.05, 4.69) is 16.4 Å². The Morgan fingerprint density at radius 3 is 2.75 bits per heavy atom. The molecule has 1 unspecified atom stereocenters. The highest BCUT2D eigenvalue weighted by atomic mass is 32.2. The summed E-state index contributed by atoms with van der Waals surface area (Å²) < 4.78 is 0. The van der Waals surface area contributed by atoms with E-state index in [4.69, 9.17) is 5.26 Å². The van der Waals surface area contributed by atoms with Gasteiger partial charge in [0.05, 0.1) is 6.07 Å². The van der Waals surface area contributed by atoms with Gasteiger partial charge < -0.3 is 5.32 Å². The molecule has 0 aliphatic rings. The second-order valence-electron chi connectivity index (χ2n) is 3.83. The van der Waals surface area contributed by atoms with Gasteiger partial charge >= 0.3 is 0 Å². The molecular weight excluding hydrogens is 218 g/mol. The van der Waals surface area contributed by atoms with Crippen molar-refractivity contribution in [3.63, 3.8) is 0 Å². The number of thioether (sulfide) groups is 1. The van der Waals surface area contributed by atoms with Gasteiger partial charge in [-0.25, -0.2) is 0 Å². The number of hydrogen-bond acceptors (Lipinski definition) is 4. The Hall–Kier alpha value is -1.05. The van der Waals surface area contributed by atoms with Gasteiger partial charge in [0.1, 0.15) is 5.54 Å². The lowest BCUT2D eigenvalue weighted by atomic mass is 9.99. The summed E-state index contributed by atoms with van der Waals surface area (Å²) in [6.45, 7) is 1.93. The van der Waals surface area contributed by atoms with Crippen LogP contribution in [-0.4, -0.2) is 23.3 Å². The summed E-state index contributed by atoms with van der Waals surface area (Å²) in [4.78, 5) is 5.21. The summed E-state index contributed by atoms with van der Waals surface area (Å²) in [6, 6.07) is 6.31. The average Bonchev–Trinajstić information content (AvgIpc) is 2.36. The molecule has 0 aromatic carbocycles. The first-order chi connectivity index (χ1) is 7.70. The molecule has 16 heavy (non-hydrogen) atoms. The second-order valence-corrected chi connectivity index (χ2v) is 5.00. The third-order valence-electron chi connectivity index (χ3n) is 2.54. The lowest BCUT2D eigenvalue weighted by Crippen LogP contribution is -2.37. The maximum Gasteiger partial charge on any atom is 0.103 e. The van der Waals surface area contributed by atoms with E-state index in [-0.39, 0.29) is 0 Å². The fraction of sp³-hybridized carbons (Fsp3) is 0.500. The number of nitrogens with one attached hydrogen (secondary N) is 1. The average molecular weight is 235 g/mol. The van der Waals surface area contributed by atoms with Crippen LogP contribution in [0.25, 0.3) is 0 Å². The molecule has 4 heteroatoms. The molecule has 1 N–H and O–H groups in total. The van der Waals surface area contributed by atoms with Crippen LogP contribution in [0.3, 0.4) is 0 Å². The van der Waals surface area contributed by atoms with Crippen molar-refractivity contribution in [1.29, 1.82) is 5.26 Å². The topological polar surface area (TPSA) is 48.7 Å². The molecule has 0 aliphatic carbocycles. The Morgan fingerprint density at radius 2 is 2.19 bits per heavy atom. The van der Waals surface area contributed by atoms with Gasteiger partial charge in [0.15, 0.2) is 0 Å². The Bertz CT molecular complexity index is 347. The van der Waals surface area contributed by atoms with E-state index in [1.165, 1.54) is 4.90 Å². The fourth-order valence-electron chi connectivity index (χ4n) is 1.29. The van der Waals surface area contributed by atoms with Crippen molar-refractivity contribution in [2.75, 3.05) is 12.8 Å². The summed E-state index contributed by atoms with van der Waals surface area (Å²) in [6.07, 6.45) is 5.50. The summed E-state index contributed by atoms with van der Waals surface area (Å²) in [7, 11) is 1.83. The van der Waals surface area contributed by atoms with Crippen molar-refractivity contribution >= 4 is 11.8 Å². The number of aromatic nitrogens is 1. The molecule has 86 valence electrons. The minimum Gasteiger partial charge on any atom is -0.303 e. The molecular formula is C12H17N3S. The number of rotatable bonds is 6. The first-order valence-corrected chi connectivity index (χ1v) is 6.32. The fourth-order valence-corrected chi connectivity index (χ4v) is 2.13. The minimum absolute atomic E-state index is 0.390. The molecule has 0 amide bonds. The van der Waals surface area contributed by atoms with Crippen LogP contribution in [0.4, 0.5) is 0 Å². The van der Waals surface area contributed by atoms with Gasteiger partial charge in [-0.05, 0) is 44.7 Å². The van der Waals surface area contributed by atoms with E-state index in [9.17, 15) is 0 Å². The zero-order valence-corrected chi connectivity index (χ0v) is 10.5. The zero-order chi connectivity index (χ0) is 11.9. The lowest BCUT2D eigenvalue weighted by Gasteiger charge is -2.20. The molecule has 1 rings (SSSR count). The number of nitriles is 1. The highest BCUT2D eigenvalue weighted by Gasteiger charge is 2.19. The van der Waals surface area contributed by atoms with E-state index in [1.54, 1.807) is 24.2 Å². The Morgan fingerprint density at radius 1 is 1.50 bits per heavy atom. The van der Waals surface area contributed by atoms with Crippen LogP contribution in [0.1, 0.15) is 19.8 Å². The lowest BCUT2D eigenvalue weighted by molar-refractivity contribution is 0.451. The number of hydrogen-bond donors (Lipinski definition) is 1. The molecule has 0 aliphatic heterocycles. The molecule has 0 bridgehead atoms. The van der Waals surface area contributed by atoms with Crippen molar-refractivity contribution in [2.24, 2.45) is 0 Å². The van der Waals surface area contributed by atoms with Gasteiger partial charge in [0, 0.05) is 17.3 Å². The highest BCUT2D eigenvalue weighted by Crippen LogP contribution is 2.20. The van der Waals surface area contributed by atoms with Crippen LogP contribution in [0.2, 0.25) is 0 Å². The molecule has 1 aromatic heterocycles. The Kier molecular flexibility index (Phi) is 5.30. The second kappa shape index (κ2) is 6.51. The Balaban J connectivity index is 2.25. The van der Waals surface area contributed by atoms with Crippen LogP contribution in [0.5, 0.6) is 0 Å². The van der Waals surface area contributed by atoms with Gasteiger partial charge in [-0.1, -0.05) is 0 Å². The molecule has 1 heterocycles. The van der Waals surface area contributed by atoms with Gasteiger partial charge in [0.2, 0.25) is 0 Å². The number of nitrogens with zero attached hydrogens (tertiary/aromatic N) is 2. The van der Waals surface area contributed by atoms with Crippen molar-refractivity contribution in [3.8, 4) is 6.07 Å². The van der Waals surface area contributed by atoms with Gasteiger partial charge in [-0.2, -0.15) is 5.26 Å². The van der Waals surface area contributed by atoms with Crippen LogP contribution < -0.4 is 5.32 Å². The van der Waals surface area contributed by atoms with Gasteiger partial charge in [0.25, 0.3) is 0 Å². The van der Waals surface area contributed by atoms with Crippen molar-refractivity contribution in [1.82, 2.24) is 10.3 Å². The standard InChI is InChI=1S/C12H17N3S/c1-12(10-13,14-2)6-3-9-16-11-4-7-15-8-5-11/h4-5,7-8,14H,3,6,9H2,1-2H3. The zero-order valence-electron chi connectivity index (χ0n) is 9.73. The third kappa shape index (κ3) is 4.21. The summed E-state index contributed by atoms with van der Waals surface area (Å²) in [5, 5.41) is 12.0. The summed E-state index contributed by atoms with van der Waals surface area (Å²) >= 11 is 1.80. The van der Waals surface area contributed by atoms with Crippen molar-refractivity contribution in [2.45, 2.75) is 30.2 Å². The molecule has 0 radical (unpaired) electrons. The van der Waals surface area contributed by atoms with E-state index in [1.807, 2.05) is 26.1 Å². The highest BCUT2D eigenvalue weighted by molar-refractivity contribution is 7.99. The first kappa shape index (κ1) is 13.0. The van der Waals surface area contributed by atoms with Crippen LogP contribution in [-0.2, 0) is 0 Å². The maximum absolute atomic E-state index is 8.97. The van der Waals surface area contributed by atoms with E-state index in [0.717, 1.165) is 18.6 Å². The van der Waals surface area contributed by atoms with E-state index < -0.39 is 5.54 Å². The van der Waals surface area contributed by atoms with E-state index >= 15 is 0 Å². The summed E-state index contributed by atoms with van der Waals surface area (Å²) in [5.41, 5.74) is -0.390. The van der Waals surface area contributed by atoms with Crippen molar-refractivity contribution in [3.05, 3.63) is 24.5 Å². The molecule has 3 nitrogen and oxygen atoms in total. The Labute approximate surface area is 101 Å². The largest absolute Gasteiger partial charge is 0.303 e. The summed E-state index contributed by atoms with van der Waals surface area (Å²) in [5.74, 6) is 1.03. The minimum atomic E-state index is -0.390. The molecule has 0 fully saturated rings. The maximum atomic E-state index is 8.97. The molecule has 0 saturated carbocycles. The quantitative estimate of drug-likeness (QED) is 0.608. The number of pyridine rings is 1. The molecule has 0 spiro atoms. The molecule has 0 saturated heterocycles. The predicted molar refractivity (Wildman–Crippen MR) is 67.3 cm³/mol. The van der Waals surface area contributed by atoms with Crippen LogP contribution in [0.15, 0.2) is 29.4 Å². The predicted octanol–water partition coefficient (Wildman–Crippen LogP) is 2.46. The van der Waals surface area contributed by atoms with Crippen molar-refractivity contribution < 1.29 is 0 Å². The molecule has 1 aromatic rings. The molecule has 1 atom stereocenters. The normalized spacial score (nSPS) is 14.1. The van der Waals surface area contributed by atoms with Crippen LogP contribution >= 0.6 is 11.8 Å². The smallest absolute Gasteiger partial charge is 0.103 e. The van der Waals surface area contributed by atoms with Gasteiger partial charge in [-0.3, -0.25) is 4.98 Å².